The van der Waals surface area contributed by atoms with Crippen molar-refractivity contribution in [1.82, 2.24) is 19.2 Å². The number of carbonyl (C=O) groups excluding carboxylic acids is 4. The number of quaternary nitrogens is 2. The summed E-state index contributed by atoms with van der Waals surface area (Å²) in [7, 11) is -5.08. The van der Waals surface area contributed by atoms with E-state index in [-0.39, 0.29) is 71.8 Å². The molecule has 22 nitrogen and oxygen atoms in total. The summed E-state index contributed by atoms with van der Waals surface area (Å²) in [4.78, 5) is 63.0. The predicted molar refractivity (Wildman–Crippen MR) is 323 cm³/mol. The third-order valence-electron chi connectivity index (χ3n) is 15.4. The van der Waals surface area contributed by atoms with Crippen molar-refractivity contribution >= 4 is 55.7 Å². The Bertz CT molecular complexity index is 2970. The number of imide groups is 2. The normalized spacial score (nSPS) is 18.0. The van der Waals surface area contributed by atoms with Gasteiger partial charge < -0.3 is 40.5 Å². The van der Waals surface area contributed by atoms with Gasteiger partial charge in [-0.25, -0.2) is 16.8 Å². The lowest BCUT2D eigenvalue weighted by molar-refractivity contribution is -0.787. The van der Waals surface area contributed by atoms with E-state index in [1.165, 1.54) is 74.5 Å². The molecule has 0 spiro atoms. The Balaban J connectivity index is 0.000000263. The Kier molecular flexibility index (Phi) is 26.5. The Labute approximate surface area is 507 Å². The molecule has 0 aromatic heterocycles. The van der Waals surface area contributed by atoms with Crippen molar-refractivity contribution in [2.45, 2.75) is 151 Å². The van der Waals surface area contributed by atoms with Gasteiger partial charge in [-0.1, -0.05) is 74.9 Å². The maximum Gasteiger partial charge on any atom is 0.262 e. The zero-order chi connectivity index (χ0) is 63.2. The number of aliphatic imine (C=N–C) groups is 2. The minimum Gasteiger partial charge on any atom is -0.846 e. The van der Waals surface area contributed by atoms with Crippen LogP contribution < -0.4 is 39.8 Å². The van der Waals surface area contributed by atoms with Gasteiger partial charge in [-0.2, -0.15) is 0 Å². The lowest BCUT2D eigenvalue weighted by atomic mass is 9.77. The van der Waals surface area contributed by atoms with E-state index in [9.17, 15) is 46.2 Å². The van der Waals surface area contributed by atoms with E-state index in [1.54, 1.807) is 102 Å². The third-order valence-corrected chi connectivity index (χ3v) is 18.0. The van der Waals surface area contributed by atoms with Gasteiger partial charge in [0.05, 0.1) is 59.0 Å². The van der Waals surface area contributed by atoms with Crippen LogP contribution in [0.1, 0.15) is 149 Å². The Morgan fingerprint density at radius 2 is 0.872 bits per heavy atom. The monoisotopic (exact) mass is 1230 g/mol. The highest BCUT2D eigenvalue weighted by molar-refractivity contribution is 7.90. The standard InChI is InChI=1S/2C27H33N3O6S.C4H10N2.2C2H6O/c2*1-27(2)23-14-11-20(36-3)17-22(23)24(31)30(25(27)32)16-15-18-9-12-21(13-10-18)37(34,35)29-26(33)28-19-7-5-4-6-8-19;1-2-6-4-3-5-1;2*1-2-3/h2*9-14,17,19H,4-8,15-16H2,1-3H3,(H2,28,29,33);5-6H,1-4H2;2*3H,2H2,1H3. The predicted octanol–water partition coefficient (Wildman–Crippen LogP) is 2.17. The van der Waals surface area contributed by atoms with Gasteiger partial charge in [-0.05, 0) is 151 Å². The summed E-state index contributed by atoms with van der Waals surface area (Å²) in [5.74, 6) is -0.290. The SMILES string of the molecule is C1C[NH2+]CC[NH2+]1.CCO.CCO.COc1ccc2c(c1)C(=O)N(CCc1ccc(S(=O)(=O)NC([O-])=NC3CCCCC3)cc1)C(=O)C2(C)C.COc1ccc2c(c1)C(=O)N(CCc1ccc(S(=O)(=O)NC([O-])=NC3CCCCC3)cc1)C(=O)C2(C)C. The van der Waals surface area contributed by atoms with E-state index in [0.717, 1.165) is 75.3 Å². The van der Waals surface area contributed by atoms with Crippen LogP contribution in [0.5, 0.6) is 11.5 Å². The molecule has 0 atom stereocenters. The number of carbonyl (C=O) groups is 4. The minimum absolute atomic E-state index is 0.0595. The average Bonchev–Trinajstić information content (AvgIpc) is 0.889. The second kappa shape index (κ2) is 32.7. The number of hydrogen-bond acceptors (Lipinski definition) is 16. The van der Waals surface area contributed by atoms with Crippen molar-refractivity contribution in [1.29, 1.82) is 0 Å². The highest BCUT2D eigenvalue weighted by atomic mass is 32.2. The highest BCUT2D eigenvalue weighted by Crippen LogP contribution is 2.38. The van der Waals surface area contributed by atoms with Crippen molar-refractivity contribution in [3.8, 4) is 11.5 Å². The molecular formula is C62H88N8O14S2. The van der Waals surface area contributed by atoms with Crippen LogP contribution in [0.3, 0.4) is 0 Å². The highest BCUT2D eigenvalue weighted by Gasteiger charge is 2.45. The van der Waals surface area contributed by atoms with E-state index >= 15 is 0 Å². The van der Waals surface area contributed by atoms with Crippen molar-refractivity contribution in [2.75, 3.05) is 66.7 Å². The van der Waals surface area contributed by atoms with Crippen molar-refractivity contribution in [3.05, 3.63) is 118 Å². The number of piperazine rings is 1. The number of sulfonamides is 2. The quantitative estimate of drug-likeness (QED) is 0.0599. The Morgan fingerprint density at radius 3 is 1.16 bits per heavy atom. The number of rotatable bonds is 14. The number of amides is 4. The van der Waals surface area contributed by atoms with Crippen molar-refractivity contribution < 1.29 is 76.5 Å². The van der Waals surface area contributed by atoms with Gasteiger partial charge in [0.2, 0.25) is 11.8 Å². The van der Waals surface area contributed by atoms with Gasteiger partial charge in [0, 0.05) is 37.4 Å². The second-order valence-corrected chi connectivity index (χ2v) is 25.8. The summed E-state index contributed by atoms with van der Waals surface area (Å²) in [6, 6.07) is 20.3. The van der Waals surface area contributed by atoms with Crippen LogP contribution in [0.4, 0.5) is 0 Å². The molecular weight excluding hydrogens is 1140 g/mol. The molecule has 3 heterocycles. The van der Waals surface area contributed by atoms with Crippen LogP contribution in [0.25, 0.3) is 0 Å². The van der Waals surface area contributed by atoms with Crippen LogP contribution in [-0.2, 0) is 53.3 Å². The summed E-state index contributed by atoms with van der Waals surface area (Å²) < 4.78 is 65.1. The van der Waals surface area contributed by atoms with Gasteiger partial charge >= 0.3 is 0 Å². The topological polar surface area (TPSA) is 330 Å². The molecule has 2 aliphatic carbocycles. The van der Waals surface area contributed by atoms with Gasteiger partial charge in [-0.3, -0.25) is 48.4 Å². The minimum atomic E-state index is -4.06. The summed E-state index contributed by atoms with van der Waals surface area (Å²) >= 11 is 0. The fourth-order valence-electron chi connectivity index (χ4n) is 10.6. The van der Waals surface area contributed by atoms with E-state index in [0.29, 0.717) is 46.6 Å². The van der Waals surface area contributed by atoms with Crippen LogP contribution in [0, 0.1) is 0 Å². The van der Waals surface area contributed by atoms with Crippen molar-refractivity contribution in [2.24, 2.45) is 9.98 Å². The first-order valence-corrected chi connectivity index (χ1v) is 32.5. The van der Waals surface area contributed by atoms with Gasteiger partial charge in [0.25, 0.3) is 31.9 Å². The van der Waals surface area contributed by atoms with Gasteiger partial charge in [-0.15, -0.1) is 0 Å². The van der Waals surface area contributed by atoms with Crippen molar-refractivity contribution in [3.63, 3.8) is 0 Å². The molecule has 0 bridgehead atoms. The number of nitrogens with two attached hydrogens (primary N) is 2. The zero-order valence-corrected chi connectivity index (χ0v) is 52.6. The molecule has 24 heteroatoms. The summed E-state index contributed by atoms with van der Waals surface area (Å²) in [6.45, 7) is 16.6. The van der Waals surface area contributed by atoms with Crippen LogP contribution >= 0.6 is 0 Å². The van der Waals surface area contributed by atoms with E-state index < -0.39 is 42.9 Å². The number of nitrogens with one attached hydrogen (secondary N) is 2. The Morgan fingerprint density at radius 1 is 0.558 bits per heavy atom. The number of fused-ring (bicyclic) bond motifs is 2. The zero-order valence-electron chi connectivity index (χ0n) is 50.9. The molecule has 4 amide bonds. The smallest absolute Gasteiger partial charge is 0.262 e. The summed E-state index contributed by atoms with van der Waals surface area (Å²) in [5.41, 5.74) is 1.90. The lowest BCUT2D eigenvalue weighted by Gasteiger charge is -2.37. The summed E-state index contributed by atoms with van der Waals surface area (Å²) in [5, 5.41) is 44.2. The number of nitrogens with zero attached hydrogens (tertiary/aromatic N) is 4. The number of hydrogen-bond donors (Lipinski definition) is 6. The molecule has 5 aliphatic rings. The molecule has 472 valence electrons. The molecule has 2 saturated carbocycles. The number of aliphatic hydroxyl groups excluding tert-OH is 2. The molecule has 9 rings (SSSR count). The largest absolute Gasteiger partial charge is 0.846 e. The third kappa shape index (κ3) is 19.0. The van der Waals surface area contributed by atoms with Gasteiger partial charge in [0.1, 0.15) is 37.7 Å². The van der Waals surface area contributed by atoms with Crippen LogP contribution in [0.15, 0.2) is 105 Å². The molecule has 8 N–H and O–H groups in total. The molecule has 0 radical (unpaired) electrons. The van der Waals surface area contributed by atoms with Crippen LogP contribution in [-0.4, -0.2) is 151 Å². The Hall–Kier alpha value is -6.96. The number of methoxy groups -OCH3 is 2. The molecule has 0 unspecified atom stereocenters. The lowest BCUT2D eigenvalue weighted by Crippen LogP contribution is -3.04. The maximum absolute atomic E-state index is 13.2. The molecule has 4 aromatic carbocycles. The number of aliphatic hydroxyl groups is 2. The first-order chi connectivity index (χ1) is 40.9. The summed E-state index contributed by atoms with van der Waals surface area (Å²) in [6.07, 6.45) is 10.0. The van der Waals surface area contributed by atoms with E-state index in [4.69, 9.17) is 19.7 Å². The first-order valence-electron chi connectivity index (χ1n) is 29.6. The number of benzene rings is 4. The second-order valence-electron chi connectivity index (χ2n) is 22.4. The molecule has 1 saturated heterocycles. The molecule has 3 fully saturated rings. The van der Waals surface area contributed by atoms with E-state index in [2.05, 4.69) is 20.6 Å². The molecule has 4 aromatic rings. The number of amidine groups is 2. The van der Waals surface area contributed by atoms with Crippen LogP contribution in [0.2, 0.25) is 0 Å². The fraction of sp³-hybridized carbons (Fsp3) is 0.516. The molecule has 3 aliphatic heterocycles. The maximum atomic E-state index is 13.2. The van der Waals surface area contributed by atoms with E-state index in [1.807, 2.05) is 9.44 Å². The first kappa shape index (κ1) is 69.8. The van der Waals surface area contributed by atoms with Gasteiger partial charge in [0.15, 0.2) is 0 Å². The average molecular weight is 1230 g/mol. The molecule has 86 heavy (non-hydrogen) atoms. The number of ether oxygens (including phenoxy) is 2. The fourth-order valence-corrected chi connectivity index (χ4v) is 12.4.